The molecule has 0 heterocycles. The van der Waals surface area contributed by atoms with Gasteiger partial charge in [-0.15, -0.1) is 0 Å². The summed E-state index contributed by atoms with van der Waals surface area (Å²) in [5.74, 6) is -7.16. The van der Waals surface area contributed by atoms with E-state index in [1.807, 2.05) is 12.1 Å². The van der Waals surface area contributed by atoms with E-state index in [4.69, 9.17) is 4.74 Å². The standard InChI is InChI=1S/C29H28F6O2/c1-3-36-23-15-16-24(28(33)27(23)32)37-29(34,35)22-14-13-21(25(30)26(22)31)20-11-9-19(10-12-20)18-6-4-5-17(2)7-8-18/h9-18H,3-8H2,1-2H3. The quantitative estimate of drug-likeness (QED) is 0.228. The third-order valence-electron chi connectivity index (χ3n) is 6.90. The van der Waals surface area contributed by atoms with Crippen molar-refractivity contribution in [2.75, 3.05) is 6.61 Å². The van der Waals surface area contributed by atoms with E-state index in [0.29, 0.717) is 23.5 Å². The van der Waals surface area contributed by atoms with Crippen molar-refractivity contribution in [1.29, 1.82) is 0 Å². The average molecular weight is 523 g/mol. The highest BCUT2D eigenvalue weighted by Crippen LogP contribution is 2.39. The van der Waals surface area contributed by atoms with Crippen LogP contribution in [0.15, 0.2) is 48.5 Å². The molecular formula is C29H28F6O2. The number of halogens is 6. The van der Waals surface area contributed by atoms with E-state index >= 15 is 0 Å². The Morgan fingerprint density at radius 1 is 0.757 bits per heavy atom. The molecule has 3 aromatic rings. The molecule has 0 aromatic heterocycles. The minimum atomic E-state index is -4.48. The smallest absolute Gasteiger partial charge is 0.429 e. The molecule has 198 valence electrons. The fraction of sp³-hybridized carbons (Fsp3) is 0.379. The first-order chi connectivity index (χ1) is 17.6. The third kappa shape index (κ3) is 5.73. The molecule has 0 N–H and O–H groups in total. The zero-order valence-electron chi connectivity index (χ0n) is 20.6. The molecule has 3 aromatic carbocycles. The maximum Gasteiger partial charge on any atom is 0.429 e. The van der Waals surface area contributed by atoms with Gasteiger partial charge in [-0.2, -0.15) is 17.6 Å². The predicted octanol–water partition coefficient (Wildman–Crippen LogP) is 9.12. The monoisotopic (exact) mass is 522 g/mol. The number of benzene rings is 3. The minimum Gasteiger partial charge on any atom is -0.491 e. The largest absolute Gasteiger partial charge is 0.491 e. The molecule has 2 atom stereocenters. The van der Waals surface area contributed by atoms with Crippen LogP contribution in [0.5, 0.6) is 11.5 Å². The third-order valence-corrected chi connectivity index (χ3v) is 6.90. The Hall–Kier alpha value is -3.16. The lowest BCUT2D eigenvalue weighted by atomic mass is 9.90. The molecule has 1 aliphatic rings. The molecule has 1 saturated carbocycles. The highest BCUT2D eigenvalue weighted by molar-refractivity contribution is 5.65. The first-order valence-electron chi connectivity index (χ1n) is 12.4. The Labute approximate surface area is 212 Å². The summed E-state index contributed by atoms with van der Waals surface area (Å²) in [6, 6.07) is 10.4. The van der Waals surface area contributed by atoms with Crippen LogP contribution < -0.4 is 9.47 Å². The molecular weight excluding hydrogens is 494 g/mol. The van der Waals surface area contributed by atoms with Gasteiger partial charge in [-0.25, -0.2) is 8.78 Å². The van der Waals surface area contributed by atoms with E-state index in [9.17, 15) is 26.3 Å². The van der Waals surface area contributed by atoms with Gasteiger partial charge < -0.3 is 9.47 Å². The fourth-order valence-electron chi connectivity index (χ4n) is 4.81. The van der Waals surface area contributed by atoms with E-state index in [1.54, 1.807) is 12.1 Å². The van der Waals surface area contributed by atoms with Crippen LogP contribution >= 0.6 is 0 Å². The van der Waals surface area contributed by atoms with Gasteiger partial charge in [0.1, 0.15) is 5.56 Å². The van der Waals surface area contributed by atoms with Crippen molar-refractivity contribution < 1.29 is 35.8 Å². The van der Waals surface area contributed by atoms with Crippen LogP contribution in [0.3, 0.4) is 0 Å². The Kier molecular flexibility index (Phi) is 8.05. The zero-order valence-corrected chi connectivity index (χ0v) is 20.6. The van der Waals surface area contributed by atoms with E-state index < -0.39 is 46.4 Å². The predicted molar refractivity (Wildman–Crippen MR) is 129 cm³/mol. The van der Waals surface area contributed by atoms with Crippen molar-refractivity contribution in [3.63, 3.8) is 0 Å². The van der Waals surface area contributed by atoms with Crippen LogP contribution in [-0.2, 0) is 6.11 Å². The second kappa shape index (κ2) is 11.1. The highest BCUT2D eigenvalue weighted by Gasteiger charge is 2.40. The molecule has 0 bridgehead atoms. The summed E-state index contributed by atoms with van der Waals surface area (Å²) in [6.07, 6.45) is 1.11. The van der Waals surface area contributed by atoms with Crippen molar-refractivity contribution >= 4 is 0 Å². The number of ether oxygens (including phenoxy) is 2. The van der Waals surface area contributed by atoms with Gasteiger partial charge in [0.05, 0.1) is 6.61 Å². The summed E-state index contributed by atoms with van der Waals surface area (Å²) in [5, 5.41) is 0. The zero-order chi connectivity index (χ0) is 26.7. The van der Waals surface area contributed by atoms with Crippen LogP contribution in [0.4, 0.5) is 26.3 Å². The molecule has 0 amide bonds. The molecule has 8 heteroatoms. The maximum absolute atomic E-state index is 14.9. The molecule has 4 rings (SSSR count). The van der Waals surface area contributed by atoms with Crippen molar-refractivity contribution in [3.05, 3.63) is 82.9 Å². The van der Waals surface area contributed by atoms with E-state index in [0.717, 1.165) is 49.4 Å². The number of alkyl halides is 2. The van der Waals surface area contributed by atoms with Gasteiger partial charge in [0, 0.05) is 5.56 Å². The first kappa shape index (κ1) is 26.9. The molecule has 0 saturated heterocycles. The van der Waals surface area contributed by atoms with E-state index in [1.165, 1.54) is 13.3 Å². The summed E-state index contributed by atoms with van der Waals surface area (Å²) >= 11 is 0. The van der Waals surface area contributed by atoms with Gasteiger partial charge >= 0.3 is 6.11 Å². The van der Waals surface area contributed by atoms with Crippen molar-refractivity contribution in [3.8, 4) is 22.6 Å². The van der Waals surface area contributed by atoms with Gasteiger partial charge in [-0.1, -0.05) is 56.5 Å². The van der Waals surface area contributed by atoms with Crippen LogP contribution in [0.25, 0.3) is 11.1 Å². The van der Waals surface area contributed by atoms with Gasteiger partial charge in [0.2, 0.25) is 11.6 Å². The summed E-state index contributed by atoms with van der Waals surface area (Å²) in [5.41, 5.74) is -0.194. The molecule has 0 spiro atoms. The van der Waals surface area contributed by atoms with Crippen LogP contribution in [0.1, 0.15) is 63.0 Å². The summed E-state index contributed by atoms with van der Waals surface area (Å²) in [7, 11) is 0. The topological polar surface area (TPSA) is 18.5 Å². The number of hydrogen-bond donors (Lipinski definition) is 0. The van der Waals surface area contributed by atoms with Crippen LogP contribution in [0, 0.1) is 29.2 Å². The summed E-state index contributed by atoms with van der Waals surface area (Å²) < 4.78 is 96.7. The molecule has 2 unspecified atom stereocenters. The Balaban J connectivity index is 1.57. The van der Waals surface area contributed by atoms with Gasteiger partial charge in [0.15, 0.2) is 23.1 Å². The summed E-state index contributed by atoms with van der Waals surface area (Å²) in [4.78, 5) is 0. The lowest BCUT2D eigenvalue weighted by Crippen LogP contribution is -2.25. The summed E-state index contributed by atoms with van der Waals surface area (Å²) in [6.45, 7) is 3.80. The Bertz CT molecular complexity index is 1240. The lowest BCUT2D eigenvalue weighted by Gasteiger charge is -2.20. The number of rotatable bonds is 7. The number of hydrogen-bond acceptors (Lipinski definition) is 2. The SMILES string of the molecule is CCOc1ccc(OC(F)(F)c2ccc(-c3ccc(C4CCCC(C)CC4)cc3)c(F)c2F)c(F)c1F. The van der Waals surface area contributed by atoms with Gasteiger partial charge in [-0.05, 0) is 60.9 Å². The van der Waals surface area contributed by atoms with Gasteiger partial charge in [-0.3, -0.25) is 0 Å². The molecule has 2 nitrogen and oxygen atoms in total. The van der Waals surface area contributed by atoms with Crippen molar-refractivity contribution in [1.82, 2.24) is 0 Å². The van der Waals surface area contributed by atoms with Crippen LogP contribution in [0.2, 0.25) is 0 Å². The van der Waals surface area contributed by atoms with Gasteiger partial charge in [0.25, 0.3) is 0 Å². The molecule has 37 heavy (non-hydrogen) atoms. The van der Waals surface area contributed by atoms with E-state index in [-0.39, 0.29) is 12.2 Å². The highest BCUT2D eigenvalue weighted by atomic mass is 19.3. The molecule has 0 radical (unpaired) electrons. The Morgan fingerprint density at radius 2 is 1.43 bits per heavy atom. The minimum absolute atomic E-state index is 0.0200. The Morgan fingerprint density at radius 3 is 2.14 bits per heavy atom. The second-order valence-corrected chi connectivity index (χ2v) is 9.46. The normalized spacial score (nSPS) is 18.4. The first-order valence-corrected chi connectivity index (χ1v) is 12.4. The van der Waals surface area contributed by atoms with Crippen molar-refractivity contribution in [2.24, 2.45) is 5.92 Å². The lowest BCUT2D eigenvalue weighted by molar-refractivity contribution is -0.189. The van der Waals surface area contributed by atoms with Crippen LogP contribution in [-0.4, -0.2) is 6.61 Å². The fourth-order valence-corrected chi connectivity index (χ4v) is 4.81. The molecule has 1 fully saturated rings. The second-order valence-electron chi connectivity index (χ2n) is 9.46. The molecule has 1 aliphatic carbocycles. The van der Waals surface area contributed by atoms with Crippen molar-refractivity contribution in [2.45, 2.75) is 58.0 Å². The average Bonchev–Trinajstić information content (AvgIpc) is 3.10. The molecule has 0 aliphatic heterocycles. The van der Waals surface area contributed by atoms with E-state index in [2.05, 4.69) is 11.7 Å². The maximum atomic E-state index is 14.9.